The first kappa shape index (κ1) is 28.0. The molecular formula is C24H25ClF7N3O. The number of piperazine rings is 1. The van der Waals surface area contributed by atoms with Crippen LogP contribution in [-0.2, 0) is 12.4 Å². The highest BCUT2D eigenvalue weighted by Gasteiger charge is 2.41. The number of nitrogens with one attached hydrogen (secondary N) is 1. The van der Waals surface area contributed by atoms with Crippen LogP contribution in [0.3, 0.4) is 0 Å². The van der Waals surface area contributed by atoms with Crippen LogP contribution in [0, 0.1) is 12.7 Å². The summed E-state index contributed by atoms with van der Waals surface area (Å²) in [6.45, 7) is 3.08. The van der Waals surface area contributed by atoms with E-state index in [-0.39, 0.29) is 37.0 Å². The van der Waals surface area contributed by atoms with E-state index < -0.39 is 47.4 Å². The molecule has 12 heteroatoms. The second-order valence-electron chi connectivity index (χ2n) is 8.89. The normalized spacial score (nSPS) is 20.9. The Morgan fingerprint density at radius 1 is 0.917 bits per heavy atom. The molecule has 0 saturated carbocycles. The topological polar surface area (TPSA) is 35.6 Å². The predicted molar refractivity (Wildman–Crippen MR) is 121 cm³/mol. The molecule has 4 rings (SSSR count). The largest absolute Gasteiger partial charge is 0.416 e. The molecule has 198 valence electrons. The molecule has 0 radical (unpaired) electrons. The molecular weight excluding hydrogens is 515 g/mol. The Balaban J connectivity index is 0.00000361. The van der Waals surface area contributed by atoms with Crippen molar-refractivity contribution in [3.8, 4) is 0 Å². The maximum atomic E-state index is 13.6. The maximum absolute atomic E-state index is 13.6. The summed E-state index contributed by atoms with van der Waals surface area (Å²) >= 11 is 0. The van der Waals surface area contributed by atoms with Gasteiger partial charge in [-0.2, -0.15) is 26.3 Å². The van der Waals surface area contributed by atoms with E-state index in [1.165, 1.54) is 17.0 Å². The lowest BCUT2D eigenvalue weighted by Gasteiger charge is -2.40. The zero-order valence-corrected chi connectivity index (χ0v) is 20.0. The number of amides is 2. The number of likely N-dealkylation sites (tertiary alicyclic amines) is 1. The third-order valence-electron chi connectivity index (χ3n) is 6.57. The van der Waals surface area contributed by atoms with Crippen LogP contribution in [0.25, 0.3) is 0 Å². The van der Waals surface area contributed by atoms with E-state index in [0.29, 0.717) is 43.8 Å². The number of benzene rings is 2. The van der Waals surface area contributed by atoms with Crippen molar-refractivity contribution in [2.24, 2.45) is 0 Å². The first-order chi connectivity index (χ1) is 16.4. The summed E-state index contributed by atoms with van der Waals surface area (Å²) in [7, 11) is 0. The van der Waals surface area contributed by atoms with Gasteiger partial charge in [-0.3, -0.25) is 0 Å². The number of aryl methyl sites for hydroxylation is 1. The number of urea groups is 1. The van der Waals surface area contributed by atoms with Crippen LogP contribution in [0.2, 0.25) is 0 Å². The number of halogens is 8. The summed E-state index contributed by atoms with van der Waals surface area (Å²) in [6.07, 6.45) is -9.24. The molecule has 1 N–H and O–H groups in total. The van der Waals surface area contributed by atoms with Gasteiger partial charge in [0.2, 0.25) is 0 Å². The Morgan fingerprint density at radius 2 is 1.53 bits per heavy atom. The zero-order chi connectivity index (χ0) is 25.5. The molecule has 2 heterocycles. The molecule has 36 heavy (non-hydrogen) atoms. The average Bonchev–Trinajstić information content (AvgIpc) is 3.27. The number of hydrogen-bond acceptors (Lipinski definition) is 2. The standard InChI is InChI=1S/C24H24F7N3O.ClH/c1-14-9-18(25)4-5-19(14)21-13-32-6-8-34(21)22(35)33-7-2-3-20(33)15-10-16(23(26,27)28)12-17(11-15)24(29,30)31;/h4-5,9-12,20-21,32H,2-3,6-8,13H2,1H3;1H/t20?,21-;/m1./s1. The van der Waals surface area contributed by atoms with Gasteiger partial charge in [-0.25, -0.2) is 9.18 Å². The van der Waals surface area contributed by atoms with E-state index in [9.17, 15) is 35.5 Å². The highest BCUT2D eigenvalue weighted by Crippen LogP contribution is 2.41. The SMILES string of the molecule is Cc1cc(F)ccc1[C@H]1CNCCN1C(=O)N1CCCC1c1cc(C(F)(F)F)cc(C(F)(F)F)c1.Cl. The van der Waals surface area contributed by atoms with E-state index >= 15 is 0 Å². The second-order valence-corrected chi connectivity index (χ2v) is 8.89. The smallest absolute Gasteiger partial charge is 0.318 e. The number of nitrogens with zero attached hydrogens (tertiary/aromatic N) is 2. The van der Waals surface area contributed by atoms with Crippen LogP contribution in [-0.4, -0.2) is 42.0 Å². The van der Waals surface area contributed by atoms with Crippen LogP contribution in [0.1, 0.15) is 52.7 Å². The molecule has 2 fully saturated rings. The van der Waals surface area contributed by atoms with Crippen molar-refractivity contribution in [2.45, 2.75) is 44.2 Å². The second kappa shape index (κ2) is 10.5. The molecule has 0 bridgehead atoms. The monoisotopic (exact) mass is 539 g/mol. The number of carbonyl (C=O) groups excluding carboxylic acids is 1. The molecule has 0 spiro atoms. The minimum atomic E-state index is -4.97. The molecule has 2 aromatic carbocycles. The highest BCUT2D eigenvalue weighted by molar-refractivity contribution is 5.85. The van der Waals surface area contributed by atoms with Crippen molar-refractivity contribution < 1.29 is 35.5 Å². The van der Waals surface area contributed by atoms with Crippen LogP contribution in [0.4, 0.5) is 35.5 Å². The Kier molecular flexibility index (Phi) is 8.14. The van der Waals surface area contributed by atoms with Gasteiger partial charge in [-0.05, 0) is 66.8 Å². The lowest BCUT2D eigenvalue weighted by Crippen LogP contribution is -2.53. The van der Waals surface area contributed by atoms with Gasteiger partial charge in [-0.1, -0.05) is 6.07 Å². The Labute approximate surface area is 209 Å². The van der Waals surface area contributed by atoms with Gasteiger partial charge in [-0.15, -0.1) is 12.4 Å². The van der Waals surface area contributed by atoms with E-state index in [1.807, 2.05) is 0 Å². The van der Waals surface area contributed by atoms with Gasteiger partial charge in [0.1, 0.15) is 5.82 Å². The fraction of sp³-hybridized carbons (Fsp3) is 0.458. The van der Waals surface area contributed by atoms with Crippen LogP contribution in [0.5, 0.6) is 0 Å². The van der Waals surface area contributed by atoms with Crippen molar-refractivity contribution in [3.05, 3.63) is 70.0 Å². The van der Waals surface area contributed by atoms with Crippen molar-refractivity contribution in [3.63, 3.8) is 0 Å². The molecule has 2 atom stereocenters. The fourth-order valence-corrected chi connectivity index (χ4v) is 4.90. The number of alkyl halides is 6. The molecule has 1 unspecified atom stereocenters. The quantitative estimate of drug-likeness (QED) is 0.442. The zero-order valence-electron chi connectivity index (χ0n) is 19.2. The molecule has 2 aromatic rings. The number of carbonyl (C=O) groups is 1. The number of hydrogen-bond donors (Lipinski definition) is 1. The maximum Gasteiger partial charge on any atom is 0.416 e. The summed E-state index contributed by atoms with van der Waals surface area (Å²) in [5.74, 6) is -0.419. The van der Waals surface area contributed by atoms with E-state index in [1.54, 1.807) is 17.9 Å². The van der Waals surface area contributed by atoms with Crippen LogP contribution < -0.4 is 5.32 Å². The van der Waals surface area contributed by atoms with Crippen LogP contribution >= 0.6 is 12.4 Å². The van der Waals surface area contributed by atoms with Crippen molar-refractivity contribution in [2.75, 3.05) is 26.2 Å². The number of rotatable bonds is 2. The Morgan fingerprint density at radius 3 is 2.11 bits per heavy atom. The summed E-state index contributed by atoms with van der Waals surface area (Å²) in [5.41, 5.74) is -1.63. The highest BCUT2D eigenvalue weighted by atomic mass is 35.5. The Bertz CT molecular complexity index is 1070. The van der Waals surface area contributed by atoms with Gasteiger partial charge < -0.3 is 15.1 Å². The third-order valence-corrected chi connectivity index (χ3v) is 6.57. The third kappa shape index (κ3) is 5.72. The lowest BCUT2D eigenvalue weighted by molar-refractivity contribution is -0.143. The molecule has 2 saturated heterocycles. The van der Waals surface area contributed by atoms with Crippen molar-refractivity contribution in [1.82, 2.24) is 15.1 Å². The minimum Gasteiger partial charge on any atom is -0.318 e. The molecule has 0 aliphatic carbocycles. The van der Waals surface area contributed by atoms with Gasteiger partial charge in [0.05, 0.1) is 23.2 Å². The van der Waals surface area contributed by atoms with Crippen molar-refractivity contribution in [1.29, 1.82) is 0 Å². The lowest BCUT2D eigenvalue weighted by atomic mass is 9.97. The van der Waals surface area contributed by atoms with E-state index in [0.717, 1.165) is 5.56 Å². The molecule has 2 aliphatic heterocycles. The van der Waals surface area contributed by atoms with Crippen molar-refractivity contribution >= 4 is 18.4 Å². The van der Waals surface area contributed by atoms with E-state index in [2.05, 4.69) is 5.32 Å². The summed E-state index contributed by atoms with van der Waals surface area (Å²) < 4.78 is 93.9. The van der Waals surface area contributed by atoms with Gasteiger partial charge in [0.25, 0.3) is 0 Å². The van der Waals surface area contributed by atoms with Crippen LogP contribution in [0.15, 0.2) is 36.4 Å². The van der Waals surface area contributed by atoms with Gasteiger partial charge >= 0.3 is 18.4 Å². The van der Waals surface area contributed by atoms with Gasteiger partial charge in [0, 0.05) is 26.2 Å². The Hall–Kier alpha value is -2.53. The average molecular weight is 540 g/mol. The predicted octanol–water partition coefficient (Wildman–Crippen LogP) is 6.50. The summed E-state index contributed by atoms with van der Waals surface area (Å²) in [5, 5.41) is 3.19. The van der Waals surface area contributed by atoms with Gasteiger partial charge in [0.15, 0.2) is 0 Å². The molecule has 2 aliphatic rings. The first-order valence-electron chi connectivity index (χ1n) is 11.2. The van der Waals surface area contributed by atoms with E-state index in [4.69, 9.17) is 0 Å². The fourth-order valence-electron chi connectivity index (χ4n) is 4.90. The summed E-state index contributed by atoms with van der Waals surface area (Å²) in [6, 6.07) is 3.89. The first-order valence-corrected chi connectivity index (χ1v) is 11.2. The minimum absolute atomic E-state index is 0. The summed E-state index contributed by atoms with van der Waals surface area (Å²) in [4.78, 5) is 16.5. The molecule has 4 nitrogen and oxygen atoms in total. The molecule has 2 amide bonds. The molecule has 0 aromatic heterocycles.